The minimum atomic E-state index is -1.01. The number of pyridine rings is 1. The van der Waals surface area contributed by atoms with Crippen LogP contribution in [0.3, 0.4) is 0 Å². The first kappa shape index (κ1) is 43.4. The van der Waals surface area contributed by atoms with Crippen molar-refractivity contribution in [1.82, 2.24) is 31.4 Å². The van der Waals surface area contributed by atoms with E-state index in [-0.39, 0.29) is 37.1 Å². The molecule has 1 unspecified atom stereocenters. The first-order chi connectivity index (χ1) is 26.8. The van der Waals surface area contributed by atoms with Gasteiger partial charge in [-0.2, -0.15) is 0 Å². The Morgan fingerprint density at radius 2 is 1.54 bits per heavy atom. The Morgan fingerprint density at radius 1 is 0.857 bits per heavy atom. The zero-order valence-corrected chi connectivity index (χ0v) is 33.7. The molecule has 56 heavy (non-hydrogen) atoms. The summed E-state index contributed by atoms with van der Waals surface area (Å²) in [5.74, 6) is -0.565. The number of nitrogens with zero attached hydrogens (tertiary/aromatic N) is 2. The van der Waals surface area contributed by atoms with Crippen molar-refractivity contribution in [2.75, 3.05) is 26.3 Å². The average molecular weight is 767 g/mol. The van der Waals surface area contributed by atoms with Crippen LogP contribution >= 0.6 is 0 Å². The van der Waals surface area contributed by atoms with Crippen LogP contribution in [0.25, 0.3) is 10.9 Å². The molecule has 0 aliphatic heterocycles. The number of benzene rings is 3. The summed E-state index contributed by atoms with van der Waals surface area (Å²) < 4.78 is 18.1. The number of aromatic nitrogens is 1. The zero-order chi connectivity index (χ0) is 40.7. The van der Waals surface area contributed by atoms with Gasteiger partial charge in [-0.05, 0) is 70.9 Å². The van der Waals surface area contributed by atoms with Crippen molar-refractivity contribution >= 4 is 28.7 Å². The summed E-state index contributed by atoms with van der Waals surface area (Å²) in [5, 5.41) is 11.5. The molecule has 0 radical (unpaired) electrons. The summed E-state index contributed by atoms with van der Waals surface area (Å²) in [6.07, 6.45) is 2.84. The van der Waals surface area contributed by atoms with Gasteiger partial charge in [0.1, 0.15) is 17.4 Å². The summed E-state index contributed by atoms with van der Waals surface area (Å²) in [5.41, 5.74) is 5.63. The molecule has 4 amide bonds. The fraction of sp³-hybridized carbons (Fsp3) is 0.409. The first-order valence-corrected chi connectivity index (χ1v) is 19.2. The number of amides is 4. The number of rotatable bonds is 20. The Morgan fingerprint density at radius 3 is 2.18 bits per heavy atom. The topological polar surface area (TPSA) is 143 Å². The predicted molar refractivity (Wildman–Crippen MR) is 220 cm³/mol. The third-order valence-corrected chi connectivity index (χ3v) is 8.94. The second-order valence-corrected chi connectivity index (χ2v) is 14.6. The van der Waals surface area contributed by atoms with Crippen LogP contribution in [0.5, 0.6) is 5.75 Å². The van der Waals surface area contributed by atoms with Crippen LogP contribution in [-0.4, -0.2) is 72.1 Å². The van der Waals surface area contributed by atoms with Gasteiger partial charge in [0.15, 0.2) is 6.29 Å². The minimum Gasteiger partial charge on any atom is -0.488 e. The van der Waals surface area contributed by atoms with Gasteiger partial charge in [-0.15, -0.1) is 6.58 Å². The maximum absolute atomic E-state index is 14.6. The second-order valence-electron chi connectivity index (χ2n) is 14.6. The molecule has 0 aliphatic rings. The lowest BCUT2D eigenvalue weighted by Crippen LogP contribution is -2.55. The fourth-order valence-electron chi connectivity index (χ4n) is 6.37. The summed E-state index contributed by atoms with van der Waals surface area (Å²) in [6, 6.07) is 24.3. The van der Waals surface area contributed by atoms with Crippen LogP contribution in [0, 0.1) is 5.92 Å². The summed E-state index contributed by atoms with van der Waals surface area (Å²) in [6.45, 7) is 18.1. The Balaban J connectivity index is 1.61. The number of nitrogens with one attached hydrogen (secondary N) is 4. The number of hydrogen-bond acceptors (Lipinski definition) is 8. The van der Waals surface area contributed by atoms with E-state index < -0.39 is 36.2 Å². The molecule has 1 aromatic heterocycles. The van der Waals surface area contributed by atoms with E-state index in [1.807, 2.05) is 133 Å². The van der Waals surface area contributed by atoms with Gasteiger partial charge in [-0.3, -0.25) is 20.0 Å². The lowest BCUT2D eigenvalue weighted by molar-refractivity contribution is -0.170. The van der Waals surface area contributed by atoms with E-state index in [2.05, 4.69) is 32.9 Å². The van der Waals surface area contributed by atoms with Crippen molar-refractivity contribution in [1.29, 1.82) is 0 Å². The van der Waals surface area contributed by atoms with E-state index in [0.29, 0.717) is 19.0 Å². The van der Waals surface area contributed by atoms with Crippen LogP contribution in [0.4, 0.5) is 4.79 Å². The van der Waals surface area contributed by atoms with E-state index in [1.165, 1.54) is 5.01 Å². The second kappa shape index (κ2) is 21.1. The van der Waals surface area contributed by atoms with Gasteiger partial charge >= 0.3 is 6.03 Å². The normalized spacial score (nSPS) is 13.7. The number of carbonyl (C=O) groups excluding carboxylic acids is 3. The van der Waals surface area contributed by atoms with Gasteiger partial charge in [0.2, 0.25) is 11.8 Å². The maximum atomic E-state index is 14.6. The molecule has 0 spiro atoms. The molecule has 0 fully saturated rings. The van der Waals surface area contributed by atoms with Crippen LogP contribution in [0.1, 0.15) is 77.2 Å². The largest absolute Gasteiger partial charge is 0.488 e. The van der Waals surface area contributed by atoms with E-state index in [1.54, 1.807) is 12.3 Å². The SMILES string of the molecule is C=CCN(CC(=O)NC(Cc1ccc(OC(C)(C)C)cc1)C(=O)N[C@H](c1cccc2cccnc12)[C@H](C)C(OCC)OCC)NC(=O)N[C@@H](C)c1ccccc1. The van der Waals surface area contributed by atoms with Crippen molar-refractivity contribution < 1.29 is 28.6 Å². The highest BCUT2D eigenvalue weighted by atomic mass is 16.7. The number of carbonyl (C=O) groups is 3. The molecule has 300 valence electrons. The van der Waals surface area contributed by atoms with E-state index in [0.717, 1.165) is 27.6 Å². The Bertz CT molecular complexity index is 1850. The van der Waals surface area contributed by atoms with Crippen molar-refractivity contribution in [2.45, 2.75) is 84.9 Å². The lowest BCUT2D eigenvalue weighted by Gasteiger charge is -2.33. The monoisotopic (exact) mass is 766 g/mol. The minimum absolute atomic E-state index is 0.173. The molecule has 3 aromatic carbocycles. The number of urea groups is 1. The van der Waals surface area contributed by atoms with Gasteiger partial charge < -0.3 is 30.2 Å². The molecule has 4 atom stereocenters. The molecule has 12 nitrogen and oxygen atoms in total. The van der Waals surface area contributed by atoms with E-state index >= 15 is 0 Å². The van der Waals surface area contributed by atoms with Gasteiger partial charge in [-0.1, -0.05) is 79.7 Å². The highest BCUT2D eigenvalue weighted by molar-refractivity contribution is 5.90. The summed E-state index contributed by atoms with van der Waals surface area (Å²) in [4.78, 5) is 46.1. The standard InChI is InChI=1S/C44H58N6O6/c1-9-27-50(49-43(53)46-31(5)33-17-13-12-14-18-33)29-38(51)47-37(28-32-22-24-35(25-23-32)56-44(6,7)8)41(52)48-39(30(4)42(54-10-2)55-11-3)36-21-15-19-34-20-16-26-45-40(34)36/h9,12-26,30-31,37,39,42H,1,10-11,27-29H2,2-8H3,(H,47,51)(H,48,52)(H2,46,49,53)/t30-,31-,37?,39-/m0/s1. The predicted octanol–water partition coefficient (Wildman–Crippen LogP) is 6.80. The van der Waals surface area contributed by atoms with Crippen LogP contribution in [0.2, 0.25) is 0 Å². The molecule has 0 saturated heterocycles. The van der Waals surface area contributed by atoms with Crippen LogP contribution in [0.15, 0.2) is 104 Å². The molecule has 12 heteroatoms. The van der Waals surface area contributed by atoms with E-state index in [9.17, 15) is 14.4 Å². The van der Waals surface area contributed by atoms with Gasteiger partial charge in [0.25, 0.3) is 0 Å². The van der Waals surface area contributed by atoms with Gasteiger partial charge in [0, 0.05) is 49.2 Å². The van der Waals surface area contributed by atoms with Crippen molar-refractivity contribution in [3.8, 4) is 5.75 Å². The van der Waals surface area contributed by atoms with Crippen molar-refractivity contribution in [3.63, 3.8) is 0 Å². The molecule has 0 saturated carbocycles. The smallest absolute Gasteiger partial charge is 0.329 e. The quantitative estimate of drug-likeness (QED) is 0.0438. The molecular weight excluding hydrogens is 709 g/mol. The van der Waals surface area contributed by atoms with Crippen molar-refractivity contribution in [2.24, 2.45) is 5.92 Å². The third kappa shape index (κ3) is 13.2. The third-order valence-electron chi connectivity index (χ3n) is 8.94. The van der Waals surface area contributed by atoms with Gasteiger partial charge in [0.05, 0.1) is 24.1 Å². The molecule has 4 N–H and O–H groups in total. The Labute approximate surface area is 331 Å². The number of hydrogen-bond donors (Lipinski definition) is 4. The Hall–Kier alpha value is -5.30. The van der Waals surface area contributed by atoms with Crippen LogP contribution in [-0.2, 0) is 25.5 Å². The summed E-state index contributed by atoms with van der Waals surface area (Å²) >= 11 is 0. The molecule has 4 aromatic rings. The van der Waals surface area contributed by atoms with Gasteiger partial charge in [-0.25, -0.2) is 9.80 Å². The van der Waals surface area contributed by atoms with Crippen molar-refractivity contribution in [3.05, 3.63) is 120 Å². The lowest BCUT2D eigenvalue weighted by atomic mass is 9.91. The molecule has 4 rings (SSSR count). The zero-order valence-electron chi connectivity index (χ0n) is 33.7. The number of para-hydroxylation sites is 1. The summed E-state index contributed by atoms with van der Waals surface area (Å²) in [7, 11) is 0. The maximum Gasteiger partial charge on any atom is 0.329 e. The highest BCUT2D eigenvalue weighted by Gasteiger charge is 2.33. The fourth-order valence-corrected chi connectivity index (χ4v) is 6.37. The first-order valence-electron chi connectivity index (χ1n) is 19.2. The van der Waals surface area contributed by atoms with E-state index in [4.69, 9.17) is 14.2 Å². The molecule has 1 heterocycles. The Kier molecular flexibility index (Phi) is 16.4. The molecular formula is C44H58N6O6. The number of fused-ring (bicyclic) bond motifs is 1. The molecule has 0 bridgehead atoms. The number of hydrazine groups is 1. The number of ether oxygens (including phenoxy) is 3. The van der Waals surface area contributed by atoms with Crippen LogP contribution < -0.4 is 26.1 Å². The molecule has 0 aliphatic carbocycles. The average Bonchev–Trinajstić information content (AvgIpc) is 3.16. The highest BCUT2D eigenvalue weighted by Crippen LogP contribution is 2.31.